The zero-order chi connectivity index (χ0) is 9.84. The van der Waals surface area contributed by atoms with Crippen LogP contribution in [-0.4, -0.2) is 6.61 Å². The normalized spacial score (nSPS) is 10.5. The molecule has 0 bridgehead atoms. The van der Waals surface area contributed by atoms with Crippen molar-refractivity contribution in [1.82, 2.24) is 0 Å². The minimum Gasteiger partial charge on any atom is -0.492 e. The third-order valence-electron chi connectivity index (χ3n) is 1.64. The highest BCUT2D eigenvalue weighted by molar-refractivity contribution is 6.32. The van der Waals surface area contributed by atoms with E-state index in [0.717, 1.165) is 5.56 Å². The second-order valence-corrected chi connectivity index (χ2v) is 3.06. The van der Waals surface area contributed by atoms with Crippen molar-refractivity contribution in [3.63, 3.8) is 0 Å². The molecule has 1 rings (SSSR count). The fraction of sp³-hybridized carbons (Fsp3) is 0.333. The molecule has 0 saturated heterocycles. The summed E-state index contributed by atoms with van der Waals surface area (Å²) in [6, 6.07) is 5.30. The molecule has 0 aromatic heterocycles. The summed E-state index contributed by atoms with van der Waals surface area (Å²) in [5.41, 5.74) is 11.8. The Morgan fingerprint density at radius 2 is 2.15 bits per heavy atom. The van der Waals surface area contributed by atoms with E-state index in [4.69, 9.17) is 27.8 Å². The standard InChI is InChI=1S/C9H13ClN2O/c1-2-13-8-4-3-6(9(11)12)5-7(8)10/h3-5,9H,2,11-12H2,1H3. The Kier molecular flexibility index (Phi) is 3.54. The lowest BCUT2D eigenvalue weighted by Crippen LogP contribution is -2.19. The number of ether oxygens (including phenoxy) is 1. The van der Waals surface area contributed by atoms with Crippen molar-refractivity contribution in [3.05, 3.63) is 28.8 Å². The number of hydrogen-bond donors (Lipinski definition) is 2. The molecule has 0 radical (unpaired) electrons. The Morgan fingerprint density at radius 1 is 1.46 bits per heavy atom. The molecule has 0 aliphatic carbocycles. The van der Waals surface area contributed by atoms with Gasteiger partial charge >= 0.3 is 0 Å². The van der Waals surface area contributed by atoms with Crippen molar-refractivity contribution in [1.29, 1.82) is 0 Å². The summed E-state index contributed by atoms with van der Waals surface area (Å²) >= 11 is 5.92. The molecule has 0 spiro atoms. The Bertz CT molecular complexity index is 289. The average molecular weight is 201 g/mol. The van der Waals surface area contributed by atoms with Gasteiger partial charge in [-0.1, -0.05) is 17.7 Å². The average Bonchev–Trinajstić information content (AvgIpc) is 2.08. The van der Waals surface area contributed by atoms with E-state index in [-0.39, 0.29) is 0 Å². The zero-order valence-corrected chi connectivity index (χ0v) is 8.21. The lowest BCUT2D eigenvalue weighted by Gasteiger charge is -2.09. The van der Waals surface area contributed by atoms with Crippen LogP contribution in [0.15, 0.2) is 18.2 Å². The zero-order valence-electron chi connectivity index (χ0n) is 7.46. The summed E-state index contributed by atoms with van der Waals surface area (Å²) in [5.74, 6) is 0.661. The summed E-state index contributed by atoms with van der Waals surface area (Å²) in [5, 5.41) is 0.542. The van der Waals surface area contributed by atoms with Gasteiger partial charge in [-0.25, -0.2) is 0 Å². The molecule has 72 valence electrons. The first-order valence-electron chi connectivity index (χ1n) is 4.08. The Balaban J connectivity index is 2.92. The van der Waals surface area contributed by atoms with E-state index >= 15 is 0 Å². The van der Waals surface area contributed by atoms with Gasteiger partial charge in [0, 0.05) is 0 Å². The lowest BCUT2D eigenvalue weighted by atomic mass is 10.2. The number of benzene rings is 1. The molecule has 1 aromatic carbocycles. The first-order valence-corrected chi connectivity index (χ1v) is 4.46. The molecule has 4 N–H and O–H groups in total. The molecule has 1 aromatic rings. The summed E-state index contributed by atoms with van der Waals surface area (Å²) in [6.07, 6.45) is -0.492. The van der Waals surface area contributed by atoms with E-state index in [1.807, 2.05) is 13.0 Å². The molecule has 0 amide bonds. The van der Waals surface area contributed by atoms with Gasteiger partial charge in [0.15, 0.2) is 0 Å². The number of rotatable bonds is 3. The molecule has 0 aliphatic rings. The highest BCUT2D eigenvalue weighted by Crippen LogP contribution is 2.26. The van der Waals surface area contributed by atoms with Crippen molar-refractivity contribution in [2.24, 2.45) is 11.5 Å². The fourth-order valence-electron chi connectivity index (χ4n) is 0.997. The van der Waals surface area contributed by atoms with Crippen molar-refractivity contribution in [3.8, 4) is 5.75 Å². The summed E-state index contributed by atoms with van der Waals surface area (Å²) in [7, 11) is 0. The van der Waals surface area contributed by atoms with Crippen LogP contribution >= 0.6 is 11.6 Å². The number of nitrogens with two attached hydrogens (primary N) is 2. The largest absolute Gasteiger partial charge is 0.492 e. The van der Waals surface area contributed by atoms with E-state index in [1.165, 1.54) is 0 Å². The highest BCUT2D eigenvalue weighted by Gasteiger charge is 2.04. The van der Waals surface area contributed by atoms with Gasteiger partial charge in [-0.15, -0.1) is 0 Å². The fourth-order valence-corrected chi connectivity index (χ4v) is 1.24. The van der Waals surface area contributed by atoms with Crippen LogP contribution in [0, 0.1) is 0 Å². The summed E-state index contributed by atoms with van der Waals surface area (Å²) in [6.45, 7) is 2.49. The third-order valence-corrected chi connectivity index (χ3v) is 1.94. The van der Waals surface area contributed by atoms with Crippen LogP contribution < -0.4 is 16.2 Å². The van der Waals surface area contributed by atoms with E-state index in [0.29, 0.717) is 17.4 Å². The van der Waals surface area contributed by atoms with E-state index < -0.39 is 6.17 Å². The van der Waals surface area contributed by atoms with Crippen molar-refractivity contribution in [2.45, 2.75) is 13.1 Å². The maximum atomic E-state index is 5.92. The number of hydrogen-bond acceptors (Lipinski definition) is 3. The molecular formula is C9H13ClN2O. The monoisotopic (exact) mass is 200 g/mol. The van der Waals surface area contributed by atoms with Crippen LogP contribution in [0.1, 0.15) is 18.7 Å². The first-order chi connectivity index (χ1) is 6.15. The van der Waals surface area contributed by atoms with Crippen LogP contribution in [-0.2, 0) is 0 Å². The van der Waals surface area contributed by atoms with E-state index in [1.54, 1.807) is 12.1 Å². The SMILES string of the molecule is CCOc1ccc(C(N)N)cc1Cl. The molecule has 0 atom stereocenters. The van der Waals surface area contributed by atoms with Crippen LogP contribution in [0.5, 0.6) is 5.75 Å². The van der Waals surface area contributed by atoms with Gasteiger partial charge in [-0.3, -0.25) is 0 Å². The maximum Gasteiger partial charge on any atom is 0.137 e. The highest BCUT2D eigenvalue weighted by atomic mass is 35.5. The molecule has 13 heavy (non-hydrogen) atoms. The van der Waals surface area contributed by atoms with Crippen molar-refractivity contribution < 1.29 is 4.74 Å². The van der Waals surface area contributed by atoms with Crippen LogP contribution in [0.3, 0.4) is 0 Å². The van der Waals surface area contributed by atoms with Crippen molar-refractivity contribution in [2.75, 3.05) is 6.61 Å². The maximum absolute atomic E-state index is 5.92. The van der Waals surface area contributed by atoms with Gasteiger partial charge in [-0.05, 0) is 24.6 Å². The van der Waals surface area contributed by atoms with Crippen molar-refractivity contribution >= 4 is 11.6 Å². The first kappa shape index (κ1) is 10.3. The minimum absolute atomic E-state index is 0.492. The van der Waals surface area contributed by atoms with Gasteiger partial charge in [-0.2, -0.15) is 0 Å². The second kappa shape index (κ2) is 4.46. The van der Waals surface area contributed by atoms with Crippen LogP contribution in [0.4, 0.5) is 0 Å². The van der Waals surface area contributed by atoms with Gasteiger partial charge < -0.3 is 16.2 Å². The predicted molar refractivity (Wildman–Crippen MR) is 53.7 cm³/mol. The molecule has 0 saturated carbocycles. The quantitative estimate of drug-likeness (QED) is 0.730. The minimum atomic E-state index is -0.492. The third kappa shape index (κ3) is 2.59. The molecule has 3 nitrogen and oxygen atoms in total. The van der Waals surface area contributed by atoms with Gasteiger partial charge in [0.1, 0.15) is 5.75 Å². The van der Waals surface area contributed by atoms with E-state index in [9.17, 15) is 0 Å². The number of halogens is 1. The topological polar surface area (TPSA) is 61.3 Å². The van der Waals surface area contributed by atoms with Crippen LogP contribution in [0.25, 0.3) is 0 Å². The molecule has 0 aliphatic heterocycles. The van der Waals surface area contributed by atoms with Crippen LogP contribution in [0.2, 0.25) is 5.02 Å². The lowest BCUT2D eigenvalue weighted by molar-refractivity contribution is 0.340. The summed E-state index contributed by atoms with van der Waals surface area (Å²) < 4.78 is 5.26. The molecular weight excluding hydrogens is 188 g/mol. The van der Waals surface area contributed by atoms with Gasteiger partial charge in [0.25, 0.3) is 0 Å². The second-order valence-electron chi connectivity index (χ2n) is 2.65. The summed E-state index contributed by atoms with van der Waals surface area (Å²) in [4.78, 5) is 0. The molecule has 0 fully saturated rings. The Morgan fingerprint density at radius 3 is 2.62 bits per heavy atom. The smallest absolute Gasteiger partial charge is 0.137 e. The molecule has 4 heteroatoms. The Hall–Kier alpha value is -0.770. The van der Waals surface area contributed by atoms with E-state index in [2.05, 4.69) is 0 Å². The van der Waals surface area contributed by atoms with Gasteiger partial charge in [0.05, 0.1) is 17.8 Å². The predicted octanol–water partition coefficient (Wildman–Crippen LogP) is 1.65. The molecule has 0 unspecified atom stereocenters. The molecule has 0 heterocycles. The Labute approximate surface area is 82.6 Å². The van der Waals surface area contributed by atoms with Gasteiger partial charge in [0.2, 0.25) is 0 Å².